The summed E-state index contributed by atoms with van der Waals surface area (Å²) in [5, 5.41) is 18.5. The Hall–Kier alpha value is -1.12. The molecule has 0 bridgehead atoms. The number of carbonyl (C=O) groups is 1. The molecule has 1 aliphatic heterocycles. The monoisotopic (exact) mass is 252 g/mol. The van der Waals surface area contributed by atoms with Crippen LogP contribution in [0.1, 0.15) is 32.1 Å². The number of rotatable bonds is 4. The van der Waals surface area contributed by atoms with Crippen LogP contribution in [0.2, 0.25) is 0 Å². The van der Waals surface area contributed by atoms with Gasteiger partial charge in [0.2, 0.25) is 5.91 Å². The highest BCUT2D eigenvalue weighted by Crippen LogP contribution is 2.35. The first-order valence-corrected chi connectivity index (χ1v) is 6.64. The molecule has 1 N–H and O–H groups in total. The summed E-state index contributed by atoms with van der Waals surface area (Å²) in [5.41, 5.74) is -0.928. The molecule has 1 saturated heterocycles. The van der Waals surface area contributed by atoms with E-state index >= 15 is 0 Å². The summed E-state index contributed by atoms with van der Waals surface area (Å²) in [5.74, 6) is -0.105. The Balaban J connectivity index is 2.12. The standard InChI is InChI=1S/C13H20N2O3/c14-10-13(4-8-18-9-5-13)12(17)15(6-7-16)11-2-1-3-11/h11,16H,1-9H2. The lowest BCUT2D eigenvalue weighted by Gasteiger charge is -2.42. The minimum Gasteiger partial charge on any atom is -0.395 e. The maximum absolute atomic E-state index is 12.6. The molecule has 0 spiro atoms. The molecule has 2 aliphatic rings. The number of aliphatic hydroxyl groups is 1. The van der Waals surface area contributed by atoms with E-state index in [1.165, 1.54) is 0 Å². The number of nitrogens with zero attached hydrogens (tertiary/aromatic N) is 2. The zero-order valence-electron chi connectivity index (χ0n) is 10.6. The smallest absolute Gasteiger partial charge is 0.243 e. The maximum atomic E-state index is 12.6. The predicted molar refractivity (Wildman–Crippen MR) is 64.5 cm³/mol. The predicted octanol–water partition coefficient (Wildman–Crippen LogP) is 0.680. The van der Waals surface area contributed by atoms with Crippen molar-refractivity contribution >= 4 is 5.91 Å². The van der Waals surface area contributed by atoms with E-state index in [4.69, 9.17) is 9.84 Å². The fourth-order valence-corrected chi connectivity index (χ4v) is 2.62. The molecule has 100 valence electrons. The molecule has 1 aliphatic carbocycles. The van der Waals surface area contributed by atoms with E-state index in [-0.39, 0.29) is 18.6 Å². The van der Waals surface area contributed by atoms with Crippen molar-refractivity contribution in [3.8, 4) is 6.07 Å². The highest BCUT2D eigenvalue weighted by Gasteiger charge is 2.45. The van der Waals surface area contributed by atoms with Crippen LogP contribution >= 0.6 is 0 Å². The zero-order valence-corrected chi connectivity index (χ0v) is 10.6. The molecular weight excluding hydrogens is 232 g/mol. The minimum absolute atomic E-state index is 0.0414. The molecule has 5 heteroatoms. The average Bonchev–Trinajstić information content (AvgIpc) is 2.36. The van der Waals surface area contributed by atoms with Crippen LogP contribution in [0.4, 0.5) is 0 Å². The van der Waals surface area contributed by atoms with Crippen molar-refractivity contribution < 1.29 is 14.6 Å². The Morgan fingerprint density at radius 1 is 1.44 bits per heavy atom. The number of hydrogen-bond acceptors (Lipinski definition) is 4. The van der Waals surface area contributed by atoms with Gasteiger partial charge in [0.25, 0.3) is 0 Å². The fourth-order valence-electron chi connectivity index (χ4n) is 2.62. The van der Waals surface area contributed by atoms with Gasteiger partial charge in [0.15, 0.2) is 0 Å². The van der Waals surface area contributed by atoms with Crippen LogP contribution < -0.4 is 0 Å². The van der Waals surface area contributed by atoms with Gasteiger partial charge < -0.3 is 14.7 Å². The number of hydrogen-bond donors (Lipinski definition) is 1. The molecule has 2 rings (SSSR count). The van der Waals surface area contributed by atoms with Crippen LogP contribution in [0.5, 0.6) is 0 Å². The van der Waals surface area contributed by atoms with Crippen molar-refractivity contribution in [1.82, 2.24) is 4.90 Å². The first-order chi connectivity index (χ1) is 8.73. The summed E-state index contributed by atoms with van der Waals surface area (Å²) in [7, 11) is 0. The van der Waals surface area contributed by atoms with Gasteiger partial charge in [-0.3, -0.25) is 4.79 Å². The third-order valence-electron chi connectivity index (χ3n) is 4.09. The maximum Gasteiger partial charge on any atom is 0.243 e. The van der Waals surface area contributed by atoms with Crippen LogP contribution in [0, 0.1) is 16.7 Å². The normalized spacial score (nSPS) is 22.9. The summed E-state index contributed by atoms with van der Waals surface area (Å²) in [6.07, 6.45) is 4.05. The highest BCUT2D eigenvalue weighted by atomic mass is 16.5. The van der Waals surface area contributed by atoms with E-state index < -0.39 is 5.41 Å². The van der Waals surface area contributed by atoms with Gasteiger partial charge in [-0.25, -0.2) is 0 Å². The molecule has 2 fully saturated rings. The van der Waals surface area contributed by atoms with Crippen LogP contribution in [0.15, 0.2) is 0 Å². The molecule has 0 atom stereocenters. The highest BCUT2D eigenvalue weighted by molar-refractivity contribution is 5.86. The van der Waals surface area contributed by atoms with Gasteiger partial charge in [0, 0.05) is 25.8 Å². The van der Waals surface area contributed by atoms with E-state index in [2.05, 4.69) is 6.07 Å². The van der Waals surface area contributed by atoms with E-state index in [1.807, 2.05) is 0 Å². The number of carbonyl (C=O) groups excluding carboxylic acids is 1. The molecule has 1 heterocycles. The lowest BCUT2D eigenvalue weighted by molar-refractivity contribution is -0.148. The Morgan fingerprint density at radius 3 is 2.56 bits per heavy atom. The topological polar surface area (TPSA) is 73.6 Å². The van der Waals surface area contributed by atoms with Gasteiger partial charge in [0.05, 0.1) is 12.7 Å². The lowest BCUT2D eigenvalue weighted by Crippen LogP contribution is -2.53. The van der Waals surface area contributed by atoms with E-state index in [0.717, 1.165) is 19.3 Å². The molecule has 5 nitrogen and oxygen atoms in total. The third-order valence-corrected chi connectivity index (χ3v) is 4.09. The van der Waals surface area contributed by atoms with Crippen molar-refractivity contribution in [1.29, 1.82) is 5.26 Å². The Morgan fingerprint density at radius 2 is 2.11 bits per heavy atom. The molecular formula is C13H20N2O3. The second-order valence-corrected chi connectivity index (χ2v) is 5.11. The van der Waals surface area contributed by atoms with E-state index in [9.17, 15) is 10.1 Å². The second-order valence-electron chi connectivity index (χ2n) is 5.11. The van der Waals surface area contributed by atoms with Crippen LogP contribution in [-0.4, -0.2) is 48.3 Å². The van der Waals surface area contributed by atoms with Crippen molar-refractivity contribution in [3.05, 3.63) is 0 Å². The van der Waals surface area contributed by atoms with Crippen LogP contribution in [0.3, 0.4) is 0 Å². The van der Waals surface area contributed by atoms with Gasteiger partial charge in [-0.05, 0) is 32.1 Å². The molecule has 1 saturated carbocycles. The summed E-state index contributed by atoms with van der Waals surface area (Å²) >= 11 is 0. The summed E-state index contributed by atoms with van der Waals surface area (Å²) in [4.78, 5) is 14.3. The molecule has 1 amide bonds. The molecule has 0 unspecified atom stereocenters. The molecule has 0 aromatic carbocycles. The Labute approximate surface area is 107 Å². The number of nitriles is 1. The van der Waals surface area contributed by atoms with Gasteiger partial charge in [-0.15, -0.1) is 0 Å². The molecule has 0 radical (unpaired) electrons. The summed E-state index contributed by atoms with van der Waals surface area (Å²) in [6, 6.07) is 2.43. The fraction of sp³-hybridized carbons (Fsp3) is 0.846. The van der Waals surface area contributed by atoms with Gasteiger partial charge >= 0.3 is 0 Å². The van der Waals surface area contributed by atoms with E-state index in [0.29, 0.717) is 32.6 Å². The Bertz CT molecular complexity index is 341. The van der Waals surface area contributed by atoms with E-state index in [1.54, 1.807) is 4.90 Å². The molecule has 0 aromatic heterocycles. The summed E-state index contributed by atoms with van der Waals surface area (Å²) in [6.45, 7) is 1.24. The first kappa shape index (κ1) is 13.3. The van der Waals surface area contributed by atoms with Crippen LogP contribution in [-0.2, 0) is 9.53 Å². The van der Waals surface area contributed by atoms with Crippen LogP contribution in [0.25, 0.3) is 0 Å². The second kappa shape index (κ2) is 5.68. The number of amides is 1. The molecule has 18 heavy (non-hydrogen) atoms. The third kappa shape index (κ3) is 2.36. The quantitative estimate of drug-likeness (QED) is 0.798. The molecule has 0 aromatic rings. The van der Waals surface area contributed by atoms with Gasteiger partial charge in [-0.2, -0.15) is 5.26 Å². The van der Waals surface area contributed by atoms with Crippen molar-refractivity contribution in [2.45, 2.75) is 38.1 Å². The van der Waals surface area contributed by atoms with Crippen molar-refractivity contribution in [2.75, 3.05) is 26.4 Å². The number of aliphatic hydroxyl groups excluding tert-OH is 1. The first-order valence-electron chi connectivity index (χ1n) is 6.64. The average molecular weight is 252 g/mol. The largest absolute Gasteiger partial charge is 0.395 e. The lowest BCUT2D eigenvalue weighted by atomic mass is 9.79. The zero-order chi connectivity index (χ0) is 13.0. The van der Waals surface area contributed by atoms with Gasteiger partial charge in [0.1, 0.15) is 5.41 Å². The minimum atomic E-state index is -0.928. The van der Waals surface area contributed by atoms with Crippen molar-refractivity contribution in [3.63, 3.8) is 0 Å². The Kier molecular flexibility index (Phi) is 4.20. The number of ether oxygens (including phenoxy) is 1. The SMILES string of the molecule is N#CC1(C(=O)N(CCO)C2CCC2)CCOCC1. The summed E-state index contributed by atoms with van der Waals surface area (Å²) < 4.78 is 5.25. The van der Waals surface area contributed by atoms with Gasteiger partial charge in [-0.1, -0.05) is 0 Å². The van der Waals surface area contributed by atoms with Crippen molar-refractivity contribution in [2.24, 2.45) is 5.41 Å².